The summed E-state index contributed by atoms with van der Waals surface area (Å²) in [4.78, 5) is 10.9. The topological polar surface area (TPSA) is 46.5 Å². The van der Waals surface area contributed by atoms with Gasteiger partial charge in [-0.15, -0.1) is 0 Å². The minimum atomic E-state index is -0.673. The van der Waals surface area contributed by atoms with Crippen molar-refractivity contribution in [3.63, 3.8) is 0 Å². The molecule has 2 aliphatic carbocycles. The smallest absolute Gasteiger partial charge is 0.311 e. The van der Waals surface area contributed by atoms with Crippen LogP contribution >= 0.6 is 0 Å². The van der Waals surface area contributed by atoms with Crippen LogP contribution in [0.25, 0.3) is 0 Å². The van der Waals surface area contributed by atoms with Gasteiger partial charge in [-0.05, 0) is 25.7 Å². The molecule has 0 saturated heterocycles. The average molecular weight is 198 g/mol. The zero-order valence-electron chi connectivity index (χ0n) is 8.50. The third kappa shape index (κ3) is 2.08. The van der Waals surface area contributed by atoms with Gasteiger partial charge in [-0.25, -0.2) is 0 Å². The van der Waals surface area contributed by atoms with Crippen molar-refractivity contribution in [3.05, 3.63) is 0 Å². The summed E-state index contributed by atoms with van der Waals surface area (Å²) in [5, 5.41) is 8.95. The average Bonchev–Trinajstić information content (AvgIpc) is 2.97. The van der Waals surface area contributed by atoms with Gasteiger partial charge in [-0.3, -0.25) is 4.79 Å². The normalized spacial score (nSPS) is 26.0. The summed E-state index contributed by atoms with van der Waals surface area (Å²) in [5.41, 5.74) is -0.503. The Bertz CT molecular complexity index is 215. The highest BCUT2D eigenvalue weighted by atomic mass is 16.5. The molecule has 0 aromatic heterocycles. The standard InChI is InChI=1S/C11H18O3/c12-10(13)11(6-7-11)8-14-9-4-2-1-3-5-9/h9H,1-8H2,(H,12,13). The Morgan fingerprint density at radius 2 is 1.93 bits per heavy atom. The quantitative estimate of drug-likeness (QED) is 0.753. The molecule has 0 aromatic rings. The number of hydrogen-bond donors (Lipinski definition) is 1. The lowest BCUT2D eigenvalue weighted by molar-refractivity contribution is -0.147. The fraction of sp³-hybridized carbons (Fsp3) is 0.909. The lowest BCUT2D eigenvalue weighted by Crippen LogP contribution is -2.26. The number of ether oxygens (including phenoxy) is 1. The Kier molecular flexibility index (Phi) is 2.77. The highest BCUT2D eigenvalue weighted by molar-refractivity contribution is 5.77. The lowest BCUT2D eigenvalue weighted by Gasteiger charge is -2.23. The molecule has 0 bridgehead atoms. The SMILES string of the molecule is O=C(O)C1(COC2CCCCC2)CC1. The summed E-state index contributed by atoms with van der Waals surface area (Å²) in [6, 6.07) is 0. The fourth-order valence-corrected chi connectivity index (χ4v) is 2.08. The van der Waals surface area contributed by atoms with Crippen molar-refractivity contribution in [2.45, 2.75) is 51.0 Å². The van der Waals surface area contributed by atoms with Crippen molar-refractivity contribution >= 4 is 5.97 Å². The van der Waals surface area contributed by atoms with Crippen molar-refractivity contribution < 1.29 is 14.6 Å². The van der Waals surface area contributed by atoms with Crippen LogP contribution in [0.3, 0.4) is 0 Å². The van der Waals surface area contributed by atoms with Gasteiger partial charge in [-0.2, -0.15) is 0 Å². The molecule has 2 aliphatic rings. The van der Waals surface area contributed by atoms with Gasteiger partial charge < -0.3 is 9.84 Å². The van der Waals surface area contributed by atoms with Crippen molar-refractivity contribution in [2.24, 2.45) is 5.41 Å². The minimum Gasteiger partial charge on any atom is -0.481 e. The molecule has 2 fully saturated rings. The molecule has 0 spiro atoms. The molecule has 14 heavy (non-hydrogen) atoms. The van der Waals surface area contributed by atoms with Crippen LogP contribution in [0.15, 0.2) is 0 Å². The van der Waals surface area contributed by atoms with E-state index < -0.39 is 11.4 Å². The van der Waals surface area contributed by atoms with Gasteiger partial charge in [-0.1, -0.05) is 19.3 Å². The molecular weight excluding hydrogens is 180 g/mol. The maximum Gasteiger partial charge on any atom is 0.311 e. The predicted octanol–water partition coefficient (Wildman–Crippen LogP) is 2.20. The first-order valence-corrected chi connectivity index (χ1v) is 5.58. The Balaban J connectivity index is 1.73. The molecule has 0 aliphatic heterocycles. The van der Waals surface area contributed by atoms with Gasteiger partial charge in [0.05, 0.1) is 18.1 Å². The van der Waals surface area contributed by atoms with E-state index in [9.17, 15) is 4.79 Å². The van der Waals surface area contributed by atoms with Crippen molar-refractivity contribution in [1.82, 2.24) is 0 Å². The first-order valence-electron chi connectivity index (χ1n) is 5.58. The van der Waals surface area contributed by atoms with Gasteiger partial charge in [0.1, 0.15) is 0 Å². The van der Waals surface area contributed by atoms with Crippen LogP contribution in [0.2, 0.25) is 0 Å². The second kappa shape index (κ2) is 3.89. The van der Waals surface area contributed by atoms with Crippen LogP contribution in [-0.4, -0.2) is 23.8 Å². The molecular formula is C11H18O3. The van der Waals surface area contributed by atoms with E-state index in [-0.39, 0.29) is 0 Å². The number of aliphatic carboxylic acids is 1. The second-order valence-corrected chi connectivity index (χ2v) is 4.66. The van der Waals surface area contributed by atoms with Gasteiger partial charge in [0, 0.05) is 0 Å². The van der Waals surface area contributed by atoms with E-state index >= 15 is 0 Å². The van der Waals surface area contributed by atoms with Crippen LogP contribution in [0.1, 0.15) is 44.9 Å². The summed E-state index contributed by atoms with van der Waals surface area (Å²) in [5.74, 6) is -0.673. The summed E-state index contributed by atoms with van der Waals surface area (Å²) in [6.07, 6.45) is 7.97. The first-order chi connectivity index (χ1) is 6.73. The summed E-state index contributed by atoms with van der Waals surface area (Å²) in [7, 11) is 0. The maximum atomic E-state index is 10.9. The fourth-order valence-electron chi connectivity index (χ4n) is 2.08. The van der Waals surface area contributed by atoms with Crippen LogP contribution in [0.4, 0.5) is 0 Å². The highest BCUT2D eigenvalue weighted by Crippen LogP contribution is 2.46. The molecule has 2 rings (SSSR count). The molecule has 3 heteroatoms. The third-order valence-electron chi connectivity index (χ3n) is 3.45. The minimum absolute atomic E-state index is 0.334. The van der Waals surface area contributed by atoms with E-state index in [1.165, 1.54) is 19.3 Å². The first kappa shape index (κ1) is 9.97. The van der Waals surface area contributed by atoms with Gasteiger partial charge in [0.25, 0.3) is 0 Å². The molecule has 0 unspecified atom stereocenters. The summed E-state index contributed by atoms with van der Waals surface area (Å²) >= 11 is 0. The monoisotopic (exact) mass is 198 g/mol. The largest absolute Gasteiger partial charge is 0.481 e. The van der Waals surface area contributed by atoms with Crippen molar-refractivity contribution in [1.29, 1.82) is 0 Å². The number of carbonyl (C=O) groups is 1. The Morgan fingerprint density at radius 1 is 1.29 bits per heavy atom. The third-order valence-corrected chi connectivity index (χ3v) is 3.45. The van der Waals surface area contributed by atoms with Crippen molar-refractivity contribution in [2.75, 3.05) is 6.61 Å². The van der Waals surface area contributed by atoms with Crippen LogP contribution in [0.5, 0.6) is 0 Å². The van der Waals surface area contributed by atoms with Crippen LogP contribution in [-0.2, 0) is 9.53 Å². The molecule has 0 aromatic carbocycles. The molecule has 3 nitrogen and oxygen atoms in total. The van der Waals surface area contributed by atoms with E-state index in [0.717, 1.165) is 25.7 Å². The zero-order chi connectivity index (χ0) is 10.0. The zero-order valence-corrected chi connectivity index (χ0v) is 8.50. The molecule has 0 atom stereocenters. The van der Waals surface area contributed by atoms with Gasteiger partial charge >= 0.3 is 5.97 Å². The van der Waals surface area contributed by atoms with Crippen LogP contribution in [0, 0.1) is 5.41 Å². The number of hydrogen-bond acceptors (Lipinski definition) is 2. The molecule has 2 saturated carbocycles. The van der Waals surface area contributed by atoms with Crippen LogP contribution < -0.4 is 0 Å². The predicted molar refractivity (Wildman–Crippen MR) is 52.1 cm³/mol. The van der Waals surface area contributed by atoms with Crippen molar-refractivity contribution in [3.8, 4) is 0 Å². The Morgan fingerprint density at radius 3 is 2.43 bits per heavy atom. The Hall–Kier alpha value is -0.570. The lowest BCUT2D eigenvalue weighted by atomic mass is 9.97. The van der Waals surface area contributed by atoms with Gasteiger partial charge in [0.2, 0.25) is 0 Å². The molecule has 1 N–H and O–H groups in total. The Labute approximate surface area is 84.4 Å². The highest BCUT2D eigenvalue weighted by Gasteiger charge is 2.50. The maximum absolute atomic E-state index is 10.9. The van der Waals surface area contributed by atoms with E-state index in [4.69, 9.17) is 9.84 Å². The van der Waals surface area contributed by atoms with E-state index in [1.807, 2.05) is 0 Å². The van der Waals surface area contributed by atoms with E-state index in [0.29, 0.717) is 12.7 Å². The number of carboxylic acids is 1. The molecule has 80 valence electrons. The number of carboxylic acid groups (broad SMARTS) is 1. The van der Waals surface area contributed by atoms with E-state index in [2.05, 4.69) is 0 Å². The summed E-state index contributed by atoms with van der Waals surface area (Å²) in [6.45, 7) is 0.438. The molecule has 0 amide bonds. The van der Waals surface area contributed by atoms with Gasteiger partial charge in [0.15, 0.2) is 0 Å². The molecule has 0 heterocycles. The van der Waals surface area contributed by atoms with E-state index in [1.54, 1.807) is 0 Å². The molecule has 0 radical (unpaired) electrons. The second-order valence-electron chi connectivity index (χ2n) is 4.66. The summed E-state index contributed by atoms with van der Waals surface area (Å²) < 4.78 is 5.69. The number of rotatable bonds is 4.